The van der Waals surface area contributed by atoms with Gasteiger partial charge in [0.25, 0.3) is 0 Å². The Balaban J connectivity index is 1.59. The average Bonchev–Trinajstić information content (AvgIpc) is 3.43. The van der Waals surface area contributed by atoms with E-state index >= 15 is 0 Å². The van der Waals surface area contributed by atoms with Crippen LogP contribution in [0.25, 0.3) is 33.1 Å². The second-order valence-corrected chi connectivity index (χ2v) is 10.9. The molecule has 0 saturated heterocycles. The van der Waals surface area contributed by atoms with Crippen molar-refractivity contribution in [3.8, 4) is 11.3 Å². The minimum absolute atomic E-state index is 0.0626. The number of nitrogens with zero attached hydrogens (tertiary/aromatic N) is 3. The highest BCUT2D eigenvalue weighted by atomic mass is 16.4. The van der Waals surface area contributed by atoms with Crippen LogP contribution in [0.4, 0.5) is 0 Å². The van der Waals surface area contributed by atoms with E-state index in [1.807, 2.05) is 12.1 Å². The zero-order valence-corrected chi connectivity index (χ0v) is 21.9. The SMILES string of the molecule is O=C(O)c1ccc2c(C3CCCCC3)c3n(c2c1)CCCn1cc(CN(CCO)CCO)c2cccc-3c21. The number of aliphatic hydroxyl groups excluding tert-OH is 2. The number of rotatable bonds is 8. The Morgan fingerprint density at radius 2 is 1.74 bits per heavy atom. The van der Waals surface area contributed by atoms with Gasteiger partial charge in [0.1, 0.15) is 0 Å². The summed E-state index contributed by atoms with van der Waals surface area (Å²) in [4.78, 5) is 14.0. The van der Waals surface area contributed by atoms with Gasteiger partial charge in [-0.3, -0.25) is 4.90 Å². The standard InChI is InChI=1S/C31H37N3O4/c35-16-14-32(15-17-36)19-23-20-33-12-5-13-34-27-18-22(31(37)38)10-11-25(27)28(21-6-2-1-3-7-21)30(34)26-9-4-8-24(23)29(26)33/h4,8-11,18,20-21,35-36H,1-3,5-7,12-17,19H2,(H,37,38). The van der Waals surface area contributed by atoms with Gasteiger partial charge in [0.15, 0.2) is 0 Å². The summed E-state index contributed by atoms with van der Waals surface area (Å²) in [6.45, 7) is 3.57. The van der Waals surface area contributed by atoms with Gasteiger partial charge in [-0.15, -0.1) is 0 Å². The largest absolute Gasteiger partial charge is 0.478 e. The molecule has 7 nitrogen and oxygen atoms in total. The first-order valence-electron chi connectivity index (χ1n) is 14.0. The maximum absolute atomic E-state index is 11.9. The van der Waals surface area contributed by atoms with Gasteiger partial charge >= 0.3 is 5.97 Å². The van der Waals surface area contributed by atoms with Crippen molar-refractivity contribution in [3.63, 3.8) is 0 Å². The number of hydrogen-bond acceptors (Lipinski definition) is 4. The normalized spacial score (nSPS) is 16.2. The molecular formula is C31H37N3O4. The molecule has 1 fully saturated rings. The van der Waals surface area contributed by atoms with Crippen LogP contribution in [0.2, 0.25) is 0 Å². The predicted octanol–water partition coefficient (Wildman–Crippen LogP) is 5.20. The van der Waals surface area contributed by atoms with Crippen LogP contribution < -0.4 is 0 Å². The quantitative estimate of drug-likeness (QED) is 0.300. The monoisotopic (exact) mass is 515 g/mol. The lowest BCUT2D eigenvalue weighted by atomic mass is 9.81. The summed E-state index contributed by atoms with van der Waals surface area (Å²) in [6, 6.07) is 12.3. The van der Waals surface area contributed by atoms with Crippen molar-refractivity contribution in [2.75, 3.05) is 26.3 Å². The van der Waals surface area contributed by atoms with Crippen LogP contribution in [0.1, 0.15) is 65.9 Å². The molecule has 2 aromatic heterocycles. The molecule has 200 valence electrons. The summed E-state index contributed by atoms with van der Waals surface area (Å²) in [5, 5.41) is 31.3. The fraction of sp³-hybridized carbons (Fsp3) is 0.452. The third-order valence-electron chi connectivity index (χ3n) is 8.61. The second-order valence-electron chi connectivity index (χ2n) is 10.9. The first kappa shape index (κ1) is 25.2. The van der Waals surface area contributed by atoms with E-state index in [9.17, 15) is 20.1 Å². The molecule has 4 aromatic rings. The van der Waals surface area contributed by atoms with Gasteiger partial charge in [-0.05, 0) is 48.4 Å². The molecule has 6 rings (SSSR count). The lowest BCUT2D eigenvalue weighted by Crippen LogP contribution is -2.29. The average molecular weight is 516 g/mol. The summed E-state index contributed by atoms with van der Waals surface area (Å²) >= 11 is 0. The highest BCUT2D eigenvalue weighted by molar-refractivity contribution is 6.03. The van der Waals surface area contributed by atoms with Crippen molar-refractivity contribution < 1.29 is 20.1 Å². The molecule has 0 bridgehead atoms. The number of aromatic carboxylic acids is 1. The Bertz CT molecular complexity index is 1470. The molecular weight excluding hydrogens is 478 g/mol. The number of fused-ring (bicyclic) bond motifs is 4. The number of carbonyl (C=O) groups is 1. The van der Waals surface area contributed by atoms with Crippen LogP contribution in [0.5, 0.6) is 0 Å². The maximum Gasteiger partial charge on any atom is 0.335 e. The van der Waals surface area contributed by atoms with Gasteiger partial charge < -0.3 is 24.5 Å². The van der Waals surface area contributed by atoms with Crippen LogP contribution in [0, 0.1) is 0 Å². The first-order chi connectivity index (χ1) is 18.6. The van der Waals surface area contributed by atoms with Crippen molar-refractivity contribution >= 4 is 27.8 Å². The third kappa shape index (κ3) is 4.32. The Kier molecular flexibility index (Phi) is 6.99. The molecule has 2 aliphatic rings. The van der Waals surface area contributed by atoms with Crippen LogP contribution in [-0.2, 0) is 19.6 Å². The molecule has 1 aliphatic heterocycles. The molecule has 3 N–H and O–H groups in total. The fourth-order valence-corrected chi connectivity index (χ4v) is 6.96. The second kappa shape index (κ2) is 10.6. The summed E-state index contributed by atoms with van der Waals surface area (Å²) in [6.07, 6.45) is 9.32. The van der Waals surface area contributed by atoms with Crippen molar-refractivity contribution in [2.45, 2.75) is 64.1 Å². The lowest BCUT2D eigenvalue weighted by molar-refractivity contribution is 0.0697. The number of para-hydroxylation sites is 1. The van der Waals surface area contributed by atoms with Crippen LogP contribution in [0.15, 0.2) is 42.6 Å². The fourth-order valence-electron chi connectivity index (χ4n) is 6.96. The van der Waals surface area contributed by atoms with Crippen LogP contribution in [0.3, 0.4) is 0 Å². The number of aromatic nitrogens is 2. The molecule has 7 heteroatoms. The molecule has 0 spiro atoms. The molecule has 0 unspecified atom stereocenters. The maximum atomic E-state index is 11.9. The van der Waals surface area contributed by atoms with Crippen molar-refractivity contribution in [1.82, 2.24) is 14.0 Å². The number of carboxylic acids is 1. The Labute approximate surface area is 222 Å². The van der Waals surface area contributed by atoms with E-state index in [0.717, 1.165) is 25.0 Å². The molecule has 1 saturated carbocycles. The molecule has 2 aromatic carbocycles. The smallest absolute Gasteiger partial charge is 0.335 e. The minimum atomic E-state index is -0.886. The summed E-state index contributed by atoms with van der Waals surface area (Å²) < 4.78 is 4.80. The van der Waals surface area contributed by atoms with E-state index in [1.165, 1.54) is 70.8 Å². The van der Waals surface area contributed by atoms with E-state index in [0.29, 0.717) is 31.1 Å². The molecule has 38 heavy (non-hydrogen) atoms. The molecule has 0 radical (unpaired) electrons. The predicted molar refractivity (Wildman–Crippen MR) is 150 cm³/mol. The van der Waals surface area contributed by atoms with Crippen LogP contribution >= 0.6 is 0 Å². The molecule has 0 amide bonds. The first-order valence-corrected chi connectivity index (χ1v) is 14.0. The van der Waals surface area contributed by atoms with Crippen molar-refractivity contribution in [1.29, 1.82) is 0 Å². The number of benzene rings is 2. The molecule has 0 atom stereocenters. The topological polar surface area (TPSA) is 90.9 Å². The Morgan fingerprint density at radius 3 is 2.47 bits per heavy atom. The number of aryl methyl sites for hydroxylation is 2. The Morgan fingerprint density at radius 1 is 0.947 bits per heavy atom. The summed E-state index contributed by atoms with van der Waals surface area (Å²) in [7, 11) is 0. The van der Waals surface area contributed by atoms with E-state index in [1.54, 1.807) is 6.07 Å². The third-order valence-corrected chi connectivity index (χ3v) is 8.61. The zero-order chi connectivity index (χ0) is 26.2. The summed E-state index contributed by atoms with van der Waals surface area (Å²) in [5.74, 6) is -0.413. The van der Waals surface area contributed by atoms with Gasteiger partial charge in [0.2, 0.25) is 0 Å². The number of carboxylic acid groups (broad SMARTS) is 1. The van der Waals surface area contributed by atoms with E-state index in [4.69, 9.17) is 0 Å². The van der Waals surface area contributed by atoms with E-state index in [2.05, 4.69) is 38.4 Å². The molecule has 1 aliphatic carbocycles. The summed E-state index contributed by atoms with van der Waals surface area (Å²) in [5.41, 5.74) is 7.69. The van der Waals surface area contributed by atoms with Gasteiger partial charge in [0.05, 0.1) is 30.0 Å². The van der Waals surface area contributed by atoms with Gasteiger partial charge in [0, 0.05) is 60.8 Å². The highest BCUT2D eigenvalue weighted by Crippen LogP contribution is 2.47. The Hall–Kier alpha value is -3.13. The van der Waals surface area contributed by atoms with Crippen molar-refractivity contribution in [2.24, 2.45) is 0 Å². The number of hydrogen-bond donors (Lipinski definition) is 3. The van der Waals surface area contributed by atoms with Gasteiger partial charge in [-0.25, -0.2) is 4.79 Å². The minimum Gasteiger partial charge on any atom is -0.478 e. The van der Waals surface area contributed by atoms with Gasteiger partial charge in [-0.2, -0.15) is 0 Å². The van der Waals surface area contributed by atoms with E-state index < -0.39 is 5.97 Å². The van der Waals surface area contributed by atoms with E-state index in [-0.39, 0.29) is 13.2 Å². The van der Waals surface area contributed by atoms with Crippen molar-refractivity contribution in [3.05, 3.63) is 59.3 Å². The van der Waals surface area contributed by atoms with Crippen LogP contribution in [-0.4, -0.2) is 61.6 Å². The lowest BCUT2D eigenvalue weighted by Gasteiger charge is -2.25. The number of aliphatic hydroxyl groups is 2. The van der Waals surface area contributed by atoms with Gasteiger partial charge in [-0.1, -0.05) is 43.5 Å². The molecule has 3 heterocycles. The zero-order valence-electron chi connectivity index (χ0n) is 21.9. The highest BCUT2D eigenvalue weighted by Gasteiger charge is 2.29.